The number of nitrogens with one attached hydrogen (secondary N) is 1. The molecule has 0 atom stereocenters. The first kappa shape index (κ1) is 15.1. The van der Waals surface area contributed by atoms with E-state index in [1.54, 1.807) is 0 Å². The second kappa shape index (κ2) is 5.55. The summed E-state index contributed by atoms with van der Waals surface area (Å²) in [5, 5.41) is 3.11. The van der Waals surface area contributed by atoms with Gasteiger partial charge in [-0.1, -0.05) is 23.8 Å². The van der Waals surface area contributed by atoms with Gasteiger partial charge in [0.05, 0.1) is 5.41 Å². The van der Waals surface area contributed by atoms with Crippen LogP contribution in [-0.4, -0.2) is 19.1 Å². The van der Waals surface area contributed by atoms with Gasteiger partial charge in [-0.25, -0.2) is 0 Å². The van der Waals surface area contributed by atoms with Crippen LogP contribution in [0.4, 0.5) is 5.69 Å². The highest BCUT2D eigenvalue weighted by Gasteiger charge is 2.51. The van der Waals surface area contributed by atoms with Crippen molar-refractivity contribution >= 4 is 11.6 Å². The fraction of sp³-hybridized carbons (Fsp3) is 0.350. The van der Waals surface area contributed by atoms with E-state index in [1.807, 2.05) is 37.3 Å². The maximum absolute atomic E-state index is 12.9. The molecule has 1 aliphatic heterocycles. The van der Waals surface area contributed by atoms with Gasteiger partial charge in [0.1, 0.15) is 13.2 Å². The molecule has 0 unspecified atom stereocenters. The molecule has 0 radical (unpaired) electrons. The maximum Gasteiger partial charge on any atom is 0.235 e. The average molecular weight is 323 g/mol. The van der Waals surface area contributed by atoms with Crippen LogP contribution in [-0.2, 0) is 10.2 Å². The first-order valence-electron chi connectivity index (χ1n) is 8.37. The number of hydrogen-bond donors (Lipinski definition) is 1. The number of carbonyl (C=O) groups excluding carboxylic acids is 1. The van der Waals surface area contributed by atoms with E-state index in [9.17, 15) is 4.79 Å². The van der Waals surface area contributed by atoms with E-state index in [-0.39, 0.29) is 5.91 Å². The topological polar surface area (TPSA) is 47.6 Å². The Morgan fingerprint density at radius 3 is 2.46 bits per heavy atom. The Hall–Kier alpha value is -2.49. The number of carbonyl (C=O) groups is 1. The van der Waals surface area contributed by atoms with Crippen LogP contribution >= 0.6 is 0 Å². The Kier molecular flexibility index (Phi) is 3.48. The number of rotatable bonds is 3. The van der Waals surface area contributed by atoms with Crippen LogP contribution < -0.4 is 14.8 Å². The normalized spacial score (nSPS) is 17.2. The van der Waals surface area contributed by atoms with Crippen molar-refractivity contribution in [3.8, 4) is 11.5 Å². The van der Waals surface area contributed by atoms with Crippen molar-refractivity contribution in [3.63, 3.8) is 0 Å². The van der Waals surface area contributed by atoms with Gasteiger partial charge in [0.25, 0.3) is 0 Å². The van der Waals surface area contributed by atoms with Gasteiger partial charge in [-0.2, -0.15) is 0 Å². The lowest BCUT2D eigenvalue weighted by molar-refractivity contribution is -0.118. The van der Waals surface area contributed by atoms with E-state index < -0.39 is 5.41 Å². The Morgan fingerprint density at radius 2 is 1.75 bits per heavy atom. The fourth-order valence-corrected chi connectivity index (χ4v) is 3.31. The predicted molar refractivity (Wildman–Crippen MR) is 92.9 cm³/mol. The molecule has 24 heavy (non-hydrogen) atoms. The molecule has 1 amide bonds. The zero-order valence-corrected chi connectivity index (χ0v) is 14.0. The molecule has 2 aromatic rings. The molecule has 4 rings (SSSR count). The minimum atomic E-state index is -0.437. The lowest BCUT2D eigenvalue weighted by Gasteiger charge is -2.22. The standard InChI is InChI=1S/C20H21NO3/c1-13-3-5-16(14(2)11-13)21-19(22)20(7-8-20)15-4-6-17-18(12-15)24-10-9-23-17/h3-6,11-12H,7-10H2,1-2H3,(H,21,22). The zero-order chi connectivity index (χ0) is 16.7. The van der Waals surface area contributed by atoms with Gasteiger partial charge in [-0.15, -0.1) is 0 Å². The summed E-state index contributed by atoms with van der Waals surface area (Å²) in [6.07, 6.45) is 1.73. The van der Waals surface area contributed by atoms with Gasteiger partial charge in [0.15, 0.2) is 11.5 Å². The van der Waals surface area contributed by atoms with E-state index in [4.69, 9.17) is 9.47 Å². The summed E-state index contributed by atoms with van der Waals surface area (Å²) in [5.74, 6) is 1.56. The second-order valence-corrected chi connectivity index (χ2v) is 6.71. The summed E-state index contributed by atoms with van der Waals surface area (Å²) >= 11 is 0. The predicted octanol–water partition coefficient (Wildman–Crippen LogP) is 3.74. The van der Waals surface area contributed by atoms with Gasteiger partial charge in [0, 0.05) is 5.69 Å². The van der Waals surface area contributed by atoms with E-state index in [0.29, 0.717) is 13.2 Å². The molecule has 2 aromatic carbocycles. The van der Waals surface area contributed by atoms with Gasteiger partial charge in [0.2, 0.25) is 5.91 Å². The van der Waals surface area contributed by atoms with Gasteiger partial charge in [-0.05, 0) is 56.0 Å². The van der Waals surface area contributed by atoms with Crippen LogP contribution in [0.1, 0.15) is 29.5 Å². The summed E-state index contributed by atoms with van der Waals surface area (Å²) in [6.45, 7) is 5.20. The third-order valence-electron chi connectivity index (χ3n) is 4.91. The Bertz CT molecular complexity index is 809. The van der Waals surface area contributed by atoms with Crippen molar-refractivity contribution in [2.24, 2.45) is 0 Å². The minimum Gasteiger partial charge on any atom is -0.486 e. The zero-order valence-electron chi connectivity index (χ0n) is 14.0. The van der Waals surface area contributed by atoms with E-state index in [1.165, 1.54) is 5.56 Å². The fourth-order valence-electron chi connectivity index (χ4n) is 3.31. The molecule has 1 N–H and O–H groups in total. The summed E-state index contributed by atoms with van der Waals surface area (Å²) in [5.41, 5.74) is 3.73. The summed E-state index contributed by atoms with van der Waals surface area (Å²) in [6, 6.07) is 11.9. The van der Waals surface area contributed by atoms with Crippen molar-refractivity contribution in [1.29, 1.82) is 0 Å². The highest BCUT2D eigenvalue weighted by Crippen LogP contribution is 2.51. The number of aryl methyl sites for hydroxylation is 2. The second-order valence-electron chi connectivity index (χ2n) is 6.71. The van der Waals surface area contributed by atoms with Crippen LogP contribution in [0.2, 0.25) is 0 Å². The van der Waals surface area contributed by atoms with Crippen molar-refractivity contribution in [1.82, 2.24) is 0 Å². The first-order chi connectivity index (χ1) is 11.6. The first-order valence-corrected chi connectivity index (χ1v) is 8.37. The highest BCUT2D eigenvalue weighted by molar-refractivity contribution is 6.02. The summed E-state index contributed by atoms with van der Waals surface area (Å²) < 4.78 is 11.2. The molecule has 0 spiro atoms. The molecule has 1 aliphatic carbocycles. The van der Waals surface area contributed by atoms with Crippen LogP contribution in [0, 0.1) is 13.8 Å². The summed E-state index contributed by atoms with van der Waals surface area (Å²) in [7, 11) is 0. The third-order valence-corrected chi connectivity index (χ3v) is 4.91. The van der Waals surface area contributed by atoms with E-state index >= 15 is 0 Å². The SMILES string of the molecule is Cc1ccc(NC(=O)C2(c3ccc4c(c3)OCCO4)CC2)c(C)c1. The number of anilines is 1. The lowest BCUT2D eigenvalue weighted by Crippen LogP contribution is -2.28. The monoisotopic (exact) mass is 323 g/mol. The van der Waals surface area contributed by atoms with Crippen LogP contribution in [0.25, 0.3) is 0 Å². The smallest absolute Gasteiger partial charge is 0.235 e. The third kappa shape index (κ3) is 2.52. The number of fused-ring (bicyclic) bond motifs is 1. The number of benzene rings is 2. The van der Waals surface area contributed by atoms with Gasteiger partial charge in [-0.3, -0.25) is 4.79 Å². The molecule has 0 saturated heterocycles. The molecule has 0 bridgehead atoms. The van der Waals surface area contributed by atoms with Crippen LogP contribution in [0.3, 0.4) is 0 Å². The molecule has 124 valence electrons. The summed E-state index contributed by atoms with van der Waals surface area (Å²) in [4.78, 5) is 12.9. The van der Waals surface area contributed by atoms with Crippen LogP contribution in [0.5, 0.6) is 11.5 Å². The molecule has 1 fully saturated rings. The molecule has 2 aliphatic rings. The minimum absolute atomic E-state index is 0.0612. The van der Waals surface area contributed by atoms with Crippen LogP contribution in [0.15, 0.2) is 36.4 Å². The van der Waals surface area contributed by atoms with E-state index in [0.717, 1.165) is 41.2 Å². The molecule has 0 aromatic heterocycles. The van der Waals surface area contributed by atoms with Gasteiger partial charge < -0.3 is 14.8 Å². The van der Waals surface area contributed by atoms with Crippen molar-refractivity contribution in [3.05, 3.63) is 53.1 Å². The number of ether oxygens (including phenoxy) is 2. The van der Waals surface area contributed by atoms with Crippen molar-refractivity contribution in [2.75, 3.05) is 18.5 Å². The van der Waals surface area contributed by atoms with Gasteiger partial charge >= 0.3 is 0 Å². The van der Waals surface area contributed by atoms with Crippen molar-refractivity contribution in [2.45, 2.75) is 32.1 Å². The molecular formula is C20H21NO3. The largest absolute Gasteiger partial charge is 0.486 e. The molecule has 1 saturated carbocycles. The Morgan fingerprint density at radius 1 is 1.00 bits per heavy atom. The van der Waals surface area contributed by atoms with E-state index in [2.05, 4.69) is 18.3 Å². The molecule has 4 heteroatoms. The Balaban J connectivity index is 1.59. The Labute approximate surface area is 141 Å². The highest BCUT2D eigenvalue weighted by atomic mass is 16.6. The van der Waals surface area contributed by atoms with Crippen molar-refractivity contribution < 1.29 is 14.3 Å². The molecule has 4 nitrogen and oxygen atoms in total. The quantitative estimate of drug-likeness (QED) is 0.936. The average Bonchev–Trinajstić information content (AvgIpc) is 3.39. The number of hydrogen-bond acceptors (Lipinski definition) is 3. The molecular weight excluding hydrogens is 302 g/mol. The number of amides is 1. The maximum atomic E-state index is 12.9. The molecule has 1 heterocycles. The lowest BCUT2D eigenvalue weighted by atomic mass is 9.94.